The molecule has 3 aromatic rings. The molecule has 1 aliphatic carbocycles. The van der Waals surface area contributed by atoms with E-state index in [4.69, 9.17) is 9.72 Å². The molecule has 0 saturated heterocycles. The standard InChI is InChI=1S/C24H32N4O3S2/c1-32-17-18-7-9-19(10-8-18)26-24-25-13-11-23(27-24)28-14-12-20-21(28)5-3-6-22(20)31-15-4-16-33(2,29)30/h3,5-6,11-14,18-19H,4,7-10,15-17H2,1-2H3,(H,25,26,27). The van der Waals surface area contributed by atoms with Crippen LogP contribution >= 0.6 is 11.8 Å². The summed E-state index contributed by atoms with van der Waals surface area (Å²) in [6.07, 6.45) is 12.5. The van der Waals surface area contributed by atoms with Crippen LogP contribution in [-0.4, -0.2) is 59.6 Å². The highest BCUT2D eigenvalue weighted by atomic mass is 32.2. The topological polar surface area (TPSA) is 86.1 Å². The van der Waals surface area contributed by atoms with Crippen molar-refractivity contribution >= 4 is 38.5 Å². The van der Waals surface area contributed by atoms with Crippen molar-refractivity contribution in [3.63, 3.8) is 0 Å². The molecule has 4 rings (SSSR count). The second kappa shape index (κ2) is 10.8. The van der Waals surface area contributed by atoms with Crippen molar-refractivity contribution in [1.82, 2.24) is 14.5 Å². The number of rotatable bonds is 10. The molecule has 1 saturated carbocycles. The van der Waals surface area contributed by atoms with Crippen LogP contribution in [0.2, 0.25) is 0 Å². The molecule has 1 aliphatic rings. The summed E-state index contributed by atoms with van der Waals surface area (Å²) in [4.78, 5) is 9.23. The molecule has 0 aliphatic heterocycles. The fourth-order valence-electron chi connectivity index (χ4n) is 4.41. The number of fused-ring (bicyclic) bond motifs is 1. The number of nitrogens with zero attached hydrogens (tertiary/aromatic N) is 3. The van der Waals surface area contributed by atoms with Crippen LogP contribution in [0, 0.1) is 5.92 Å². The first kappa shape index (κ1) is 23.9. The minimum atomic E-state index is -2.98. The van der Waals surface area contributed by atoms with Crippen molar-refractivity contribution in [1.29, 1.82) is 0 Å². The van der Waals surface area contributed by atoms with Gasteiger partial charge in [0.05, 0.1) is 17.9 Å². The predicted octanol–water partition coefficient (Wildman–Crippen LogP) is 4.57. The monoisotopic (exact) mass is 488 g/mol. The third-order valence-corrected chi connectivity index (χ3v) is 7.91. The van der Waals surface area contributed by atoms with E-state index in [1.165, 1.54) is 24.9 Å². The molecule has 0 unspecified atom stereocenters. The third kappa shape index (κ3) is 6.41. The van der Waals surface area contributed by atoms with Gasteiger partial charge in [0.1, 0.15) is 21.4 Å². The van der Waals surface area contributed by atoms with E-state index in [0.717, 1.165) is 41.2 Å². The summed E-state index contributed by atoms with van der Waals surface area (Å²) in [6.45, 7) is 0.359. The summed E-state index contributed by atoms with van der Waals surface area (Å²) in [7, 11) is -2.98. The van der Waals surface area contributed by atoms with E-state index in [1.807, 2.05) is 52.9 Å². The van der Waals surface area contributed by atoms with Crippen LogP contribution in [0.3, 0.4) is 0 Å². The fourth-order valence-corrected chi connectivity index (χ4v) is 5.86. The molecule has 2 aromatic heterocycles. The van der Waals surface area contributed by atoms with Gasteiger partial charge in [0, 0.05) is 30.1 Å². The number of anilines is 1. The molecule has 9 heteroatoms. The first-order chi connectivity index (χ1) is 15.9. The van der Waals surface area contributed by atoms with E-state index in [-0.39, 0.29) is 5.75 Å². The number of hydrogen-bond donors (Lipinski definition) is 1. The zero-order valence-corrected chi connectivity index (χ0v) is 20.9. The minimum absolute atomic E-state index is 0.125. The van der Waals surface area contributed by atoms with Gasteiger partial charge in [0.2, 0.25) is 5.95 Å². The molecular formula is C24H32N4O3S2. The van der Waals surface area contributed by atoms with Crippen LogP contribution in [0.5, 0.6) is 5.75 Å². The minimum Gasteiger partial charge on any atom is -0.493 e. The van der Waals surface area contributed by atoms with Gasteiger partial charge >= 0.3 is 0 Å². The Hall–Kier alpha value is -2.26. The molecule has 33 heavy (non-hydrogen) atoms. The number of sulfone groups is 1. The van der Waals surface area contributed by atoms with Gasteiger partial charge in [-0.1, -0.05) is 6.07 Å². The number of ether oxygens (including phenoxy) is 1. The van der Waals surface area contributed by atoms with Gasteiger partial charge in [-0.3, -0.25) is 0 Å². The maximum absolute atomic E-state index is 11.3. The quantitative estimate of drug-likeness (QED) is 0.418. The average Bonchev–Trinajstić information content (AvgIpc) is 3.23. The summed E-state index contributed by atoms with van der Waals surface area (Å²) >= 11 is 1.94. The Labute approximate surface area is 200 Å². The fraction of sp³-hybridized carbons (Fsp3) is 0.500. The van der Waals surface area contributed by atoms with Gasteiger partial charge in [0.15, 0.2) is 0 Å². The highest BCUT2D eigenvalue weighted by Gasteiger charge is 2.21. The number of hydrogen-bond acceptors (Lipinski definition) is 7. The SMILES string of the molecule is CSCC1CCC(Nc2nccc(-n3ccc4c(OCCCS(C)(=O)=O)cccc43)n2)CC1. The molecule has 0 spiro atoms. The Balaban J connectivity index is 1.45. The van der Waals surface area contributed by atoms with E-state index in [2.05, 4.69) is 16.6 Å². The van der Waals surface area contributed by atoms with Gasteiger partial charge in [-0.25, -0.2) is 13.4 Å². The number of thioether (sulfide) groups is 1. The number of benzene rings is 1. The molecule has 0 bridgehead atoms. The lowest BCUT2D eigenvalue weighted by atomic mass is 9.87. The van der Waals surface area contributed by atoms with Crippen molar-refractivity contribution in [3.05, 3.63) is 42.7 Å². The van der Waals surface area contributed by atoms with Gasteiger partial charge in [-0.2, -0.15) is 16.7 Å². The Morgan fingerprint density at radius 1 is 1.18 bits per heavy atom. The van der Waals surface area contributed by atoms with Crippen LogP contribution in [-0.2, 0) is 9.84 Å². The average molecular weight is 489 g/mol. The molecule has 1 N–H and O–H groups in total. The van der Waals surface area contributed by atoms with Crippen LogP contribution in [0.25, 0.3) is 16.7 Å². The zero-order chi connectivity index (χ0) is 23.3. The van der Waals surface area contributed by atoms with Crippen molar-refractivity contribution in [2.75, 3.05) is 35.9 Å². The summed E-state index contributed by atoms with van der Waals surface area (Å²) in [5.41, 5.74) is 0.984. The van der Waals surface area contributed by atoms with Gasteiger partial charge in [0.25, 0.3) is 0 Å². The maximum Gasteiger partial charge on any atom is 0.224 e. The van der Waals surface area contributed by atoms with Crippen molar-refractivity contribution < 1.29 is 13.2 Å². The van der Waals surface area contributed by atoms with Crippen molar-refractivity contribution in [3.8, 4) is 11.6 Å². The lowest BCUT2D eigenvalue weighted by Crippen LogP contribution is -2.27. The Morgan fingerprint density at radius 3 is 2.76 bits per heavy atom. The van der Waals surface area contributed by atoms with E-state index in [9.17, 15) is 8.42 Å². The smallest absolute Gasteiger partial charge is 0.224 e. The van der Waals surface area contributed by atoms with Crippen LogP contribution in [0.15, 0.2) is 42.7 Å². The van der Waals surface area contributed by atoms with Gasteiger partial charge in [-0.05, 0) is 74.3 Å². The molecule has 2 heterocycles. The van der Waals surface area contributed by atoms with Crippen LogP contribution < -0.4 is 10.1 Å². The number of nitrogens with one attached hydrogen (secondary N) is 1. The normalized spacial score (nSPS) is 19.0. The highest BCUT2D eigenvalue weighted by molar-refractivity contribution is 7.98. The molecular weight excluding hydrogens is 456 g/mol. The third-order valence-electron chi connectivity index (χ3n) is 6.08. The second-order valence-corrected chi connectivity index (χ2v) is 11.9. The Kier molecular flexibility index (Phi) is 7.80. The van der Waals surface area contributed by atoms with Gasteiger partial charge < -0.3 is 14.6 Å². The lowest BCUT2D eigenvalue weighted by molar-refractivity contribution is 0.321. The van der Waals surface area contributed by atoms with E-state index in [0.29, 0.717) is 25.0 Å². The lowest BCUT2D eigenvalue weighted by Gasteiger charge is -2.28. The summed E-state index contributed by atoms with van der Waals surface area (Å²) < 4.78 is 30.6. The van der Waals surface area contributed by atoms with Crippen molar-refractivity contribution in [2.24, 2.45) is 5.92 Å². The Bertz CT molecular complexity index is 1170. The van der Waals surface area contributed by atoms with E-state index in [1.54, 1.807) is 6.20 Å². The summed E-state index contributed by atoms with van der Waals surface area (Å²) in [5.74, 6) is 4.42. The van der Waals surface area contributed by atoms with Gasteiger partial charge in [-0.15, -0.1) is 0 Å². The summed E-state index contributed by atoms with van der Waals surface area (Å²) in [6, 6.07) is 10.2. The molecule has 7 nitrogen and oxygen atoms in total. The molecule has 0 radical (unpaired) electrons. The number of aromatic nitrogens is 3. The van der Waals surface area contributed by atoms with Crippen LogP contribution in [0.4, 0.5) is 5.95 Å². The van der Waals surface area contributed by atoms with E-state index >= 15 is 0 Å². The van der Waals surface area contributed by atoms with Crippen LogP contribution in [0.1, 0.15) is 32.1 Å². The predicted molar refractivity (Wildman–Crippen MR) is 136 cm³/mol. The zero-order valence-electron chi connectivity index (χ0n) is 19.2. The molecule has 1 aromatic carbocycles. The largest absolute Gasteiger partial charge is 0.493 e. The highest BCUT2D eigenvalue weighted by Crippen LogP contribution is 2.30. The second-order valence-electron chi connectivity index (χ2n) is 8.76. The van der Waals surface area contributed by atoms with E-state index < -0.39 is 9.84 Å². The summed E-state index contributed by atoms with van der Waals surface area (Å²) in [5, 5.41) is 4.51. The molecule has 1 fully saturated rings. The Morgan fingerprint density at radius 2 is 2.00 bits per heavy atom. The van der Waals surface area contributed by atoms with Crippen molar-refractivity contribution in [2.45, 2.75) is 38.1 Å². The molecule has 0 atom stereocenters. The molecule has 178 valence electrons. The molecule has 0 amide bonds. The first-order valence-corrected chi connectivity index (χ1v) is 14.9. The maximum atomic E-state index is 11.3. The first-order valence-electron chi connectivity index (χ1n) is 11.4.